The molecule has 0 bridgehead atoms. The lowest BCUT2D eigenvalue weighted by molar-refractivity contribution is -0.137. The minimum atomic E-state index is -0.680. The molecule has 0 fully saturated rings. The smallest absolute Gasteiger partial charge is 0.336 e. The summed E-state index contributed by atoms with van der Waals surface area (Å²) in [5, 5.41) is 8.50. The molecule has 7 nitrogen and oxygen atoms in total. The minimum absolute atomic E-state index is 0.130. The fourth-order valence-corrected chi connectivity index (χ4v) is 4.30. The summed E-state index contributed by atoms with van der Waals surface area (Å²) in [6.45, 7) is 4.17. The van der Waals surface area contributed by atoms with Gasteiger partial charge in [-0.05, 0) is 62.3 Å². The number of hydrogen-bond donors (Lipinski definition) is 1. The molecular weight excluding hydrogens is 394 g/mol. The van der Waals surface area contributed by atoms with E-state index in [-0.39, 0.29) is 11.5 Å². The topological polar surface area (TPSA) is 88.4 Å². The Kier molecular flexibility index (Phi) is 6.11. The van der Waals surface area contributed by atoms with Crippen molar-refractivity contribution < 1.29 is 13.9 Å². The first-order valence-corrected chi connectivity index (χ1v) is 11.0. The monoisotopic (exact) mass is 423 g/mol. The molecule has 1 unspecified atom stereocenters. The summed E-state index contributed by atoms with van der Waals surface area (Å²) in [4.78, 5) is 26.4. The predicted octanol–water partition coefficient (Wildman–Crippen LogP) is 3.77. The second kappa shape index (κ2) is 8.96. The van der Waals surface area contributed by atoms with Crippen molar-refractivity contribution in [1.29, 1.82) is 0 Å². The number of nitrogens with zero attached hydrogens (tertiary/aromatic N) is 2. The number of rotatable bonds is 6. The van der Waals surface area contributed by atoms with Crippen LogP contribution in [0.3, 0.4) is 0 Å². The summed E-state index contributed by atoms with van der Waals surface area (Å²) in [6.07, 6.45) is 5.66. The van der Waals surface area contributed by atoms with E-state index in [0.29, 0.717) is 17.9 Å². The van der Waals surface area contributed by atoms with Gasteiger partial charge in [-0.15, -0.1) is 0 Å². The molecule has 164 valence electrons. The van der Waals surface area contributed by atoms with E-state index in [4.69, 9.17) is 9.15 Å². The van der Waals surface area contributed by atoms with E-state index in [1.807, 2.05) is 13.0 Å². The Morgan fingerprint density at radius 3 is 2.87 bits per heavy atom. The van der Waals surface area contributed by atoms with Crippen molar-refractivity contribution in [3.8, 4) is 5.75 Å². The highest BCUT2D eigenvalue weighted by Gasteiger charge is 2.23. The number of fused-ring (bicyclic) bond motifs is 2. The lowest BCUT2D eigenvalue weighted by Crippen LogP contribution is -2.37. The molecule has 2 aromatic heterocycles. The van der Waals surface area contributed by atoms with Crippen LogP contribution in [0.2, 0.25) is 0 Å². The van der Waals surface area contributed by atoms with Crippen LogP contribution < -0.4 is 10.4 Å². The number of carbonyl (C=O) groups is 1. The maximum absolute atomic E-state index is 12.9. The van der Waals surface area contributed by atoms with Gasteiger partial charge in [-0.1, -0.05) is 13.3 Å². The molecule has 7 heteroatoms. The fourth-order valence-electron chi connectivity index (χ4n) is 4.30. The van der Waals surface area contributed by atoms with E-state index in [0.717, 1.165) is 42.3 Å². The number of aromatic amines is 1. The van der Waals surface area contributed by atoms with E-state index < -0.39 is 6.10 Å². The van der Waals surface area contributed by atoms with E-state index in [1.165, 1.54) is 30.2 Å². The number of carbonyl (C=O) groups excluding carboxylic acids is 1. The van der Waals surface area contributed by atoms with Gasteiger partial charge in [0.1, 0.15) is 11.3 Å². The Morgan fingerprint density at radius 2 is 2.06 bits per heavy atom. The fraction of sp³-hybridized carbons (Fsp3) is 0.458. The third kappa shape index (κ3) is 4.50. The maximum atomic E-state index is 12.9. The first kappa shape index (κ1) is 21.2. The van der Waals surface area contributed by atoms with Crippen LogP contribution >= 0.6 is 0 Å². The Morgan fingerprint density at radius 1 is 1.26 bits per heavy atom. The first-order chi connectivity index (χ1) is 15.0. The van der Waals surface area contributed by atoms with Crippen LogP contribution in [-0.4, -0.2) is 34.2 Å². The summed E-state index contributed by atoms with van der Waals surface area (Å²) in [7, 11) is 1.77. The van der Waals surface area contributed by atoms with Gasteiger partial charge in [0.15, 0.2) is 6.10 Å². The highest BCUT2D eigenvalue weighted by molar-refractivity contribution is 5.83. The summed E-state index contributed by atoms with van der Waals surface area (Å²) >= 11 is 0. The van der Waals surface area contributed by atoms with Crippen molar-refractivity contribution in [2.24, 2.45) is 0 Å². The second-order valence-corrected chi connectivity index (χ2v) is 8.24. The molecule has 0 radical (unpaired) electrons. The van der Waals surface area contributed by atoms with Crippen molar-refractivity contribution in [3.63, 3.8) is 0 Å². The molecule has 1 aliphatic carbocycles. The SMILES string of the molecule is CCc1cc(=O)oc2cc(OC(C)C(=O)N(C)Cc3n[nH]c4c3CCCCC4)ccc12. The molecule has 0 aliphatic heterocycles. The first-order valence-electron chi connectivity index (χ1n) is 11.0. The third-order valence-electron chi connectivity index (χ3n) is 6.00. The number of aryl methyl sites for hydroxylation is 2. The van der Waals surface area contributed by atoms with Gasteiger partial charge in [-0.3, -0.25) is 9.89 Å². The third-order valence-corrected chi connectivity index (χ3v) is 6.00. The molecule has 1 atom stereocenters. The van der Waals surface area contributed by atoms with E-state index in [9.17, 15) is 9.59 Å². The standard InChI is InChI=1S/C24H29N3O4/c1-4-16-12-23(28)31-22-13-17(10-11-18(16)22)30-15(2)24(29)27(3)14-21-19-8-6-5-7-9-20(19)25-26-21/h10-13,15H,4-9,14H2,1-3H3,(H,25,26). The highest BCUT2D eigenvalue weighted by Crippen LogP contribution is 2.25. The second-order valence-electron chi connectivity index (χ2n) is 8.24. The Balaban J connectivity index is 1.46. The predicted molar refractivity (Wildman–Crippen MR) is 118 cm³/mol. The molecular formula is C24H29N3O4. The molecule has 0 spiro atoms. The Bertz CT molecular complexity index is 1150. The van der Waals surface area contributed by atoms with Crippen LogP contribution in [-0.2, 0) is 30.6 Å². The molecule has 1 amide bonds. The highest BCUT2D eigenvalue weighted by atomic mass is 16.5. The molecule has 1 aliphatic rings. The summed E-state index contributed by atoms with van der Waals surface area (Å²) in [5.41, 5.74) is 4.43. The van der Waals surface area contributed by atoms with Gasteiger partial charge in [-0.2, -0.15) is 5.10 Å². The zero-order valence-corrected chi connectivity index (χ0v) is 18.4. The average Bonchev–Trinajstić information content (AvgIpc) is 2.97. The molecule has 31 heavy (non-hydrogen) atoms. The molecule has 4 rings (SSSR count). The zero-order chi connectivity index (χ0) is 22.0. The van der Waals surface area contributed by atoms with Crippen molar-refractivity contribution in [3.05, 3.63) is 57.2 Å². The van der Waals surface area contributed by atoms with Crippen molar-refractivity contribution in [2.75, 3.05) is 7.05 Å². The van der Waals surface area contributed by atoms with Crippen LogP contribution in [0.15, 0.2) is 33.5 Å². The van der Waals surface area contributed by atoms with Crippen LogP contribution in [0.4, 0.5) is 0 Å². The van der Waals surface area contributed by atoms with Gasteiger partial charge in [-0.25, -0.2) is 4.79 Å². The van der Waals surface area contributed by atoms with Crippen LogP contribution in [0.25, 0.3) is 11.0 Å². The van der Waals surface area contributed by atoms with Crippen molar-refractivity contribution >= 4 is 16.9 Å². The Labute approximate surface area is 181 Å². The van der Waals surface area contributed by atoms with Crippen LogP contribution in [0, 0.1) is 0 Å². The zero-order valence-electron chi connectivity index (χ0n) is 18.4. The summed E-state index contributed by atoms with van der Waals surface area (Å²) < 4.78 is 11.2. The van der Waals surface area contributed by atoms with Gasteiger partial charge in [0.05, 0.1) is 12.2 Å². The van der Waals surface area contributed by atoms with Crippen molar-refractivity contribution in [2.45, 2.75) is 65.0 Å². The number of benzene rings is 1. The van der Waals surface area contributed by atoms with Crippen molar-refractivity contribution in [1.82, 2.24) is 15.1 Å². The van der Waals surface area contributed by atoms with Gasteiger partial charge >= 0.3 is 5.63 Å². The van der Waals surface area contributed by atoms with Gasteiger partial charge in [0.2, 0.25) is 0 Å². The number of nitrogens with one attached hydrogen (secondary N) is 1. The number of hydrogen-bond acceptors (Lipinski definition) is 5. The van der Waals surface area contributed by atoms with Gasteiger partial charge < -0.3 is 14.1 Å². The molecule has 0 saturated carbocycles. The summed E-state index contributed by atoms with van der Waals surface area (Å²) in [6, 6.07) is 6.86. The van der Waals surface area contributed by atoms with Crippen LogP contribution in [0.1, 0.15) is 55.6 Å². The van der Waals surface area contributed by atoms with E-state index >= 15 is 0 Å². The number of ether oxygens (including phenoxy) is 1. The minimum Gasteiger partial charge on any atom is -0.481 e. The van der Waals surface area contributed by atoms with E-state index in [2.05, 4.69) is 10.2 Å². The molecule has 1 N–H and O–H groups in total. The molecule has 1 aromatic carbocycles. The number of likely N-dealkylation sites (N-methyl/N-ethyl adjacent to an activating group) is 1. The lowest BCUT2D eigenvalue weighted by atomic mass is 10.1. The quantitative estimate of drug-likeness (QED) is 0.482. The Hall–Kier alpha value is -3.09. The van der Waals surface area contributed by atoms with Crippen LogP contribution in [0.5, 0.6) is 5.75 Å². The normalized spacial score (nSPS) is 14.7. The van der Waals surface area contributed by atoms with E-state index in [1.54, 1.807) is 31.0 Å². The van der Waals surface area contributed by atoms with Gasteiger partial charge in [0.25, 0.3) is 5.91 Å². The van der Waals surface area contributed by atoms with Gasteiger partial charge in [0, 0.05) is 30.3 Å². The summed E-state index contributed by atoms with van der Waals surface area (Å²) in [5.74, 6) is 0.362. The average molecular weight is 424 g/mol. The largest absolute Gasteiger partial charge is 0.481 e. The molecule has 2 heterocycles. The molecule has 3 aromatic rings. The number of H-pyrrole nitrogens is 1. The molecule has 0 saturated heterocycles. The lowest BCUT2D eigenvalue weighted by Gasteiger charge is -2.22. The number of aromatic nitrogens is 2. The number of amides is 1. The maximum Gasteiger partial charge on any atom is 0.336 e.